The van der Waals surface area contributed by atoms with Crippen LogP contribution in [0.3, 0.4) is 0 Å². The second-order valence-electron chi connectivity index (χ2n) is 16.7. The number of hydrogen-bond donors (Lipinski definition) is 0. The molecule has 10 heteroatoms. The summed E-state index contributed by atoms with van der Waals surface area (Å²) in [5.74, 6) is 1.33. The van der Waals surface area contributed by atoms with Crippen LogP contribution < -0.4 is 0 Å². The van der Waals surface area contributed by atoms with Gasteiger partial charge in [-0.2, -0.15) is 5.10 Å². The van der Waals surface area contributed by atoms with Gasteiger partial charge < -0.3 is 18.7 Å². The highest BCUT2D eigenvalue weighted by molar-refractivity contribution is 5.98. The Bertz CT molecular complexity index is 1650. The number of aromatic nitrogens is 4. The van der Waals surface area contributed by atoms with E-state index in [4.69, 9.17) is 8.94 Å². The molecule has 7 rings (SSSR count). The lowest BCUT2D eigenvalue weighted by atomic mass is 9.93. The fraction of sp³-hybridized carbons (Fsp3) is 0.531. The van der Waals surface area contributed by atoms with Crippen LogP contribution in [0.1, 0.15) is 175 Å². The van der Waals surface area contributed by atoms with Crippen LogP contribution in [0, 0.1) is 0 Å². The summed E-state index contributed by atoms with van der Waals surface area (Å²) in [6.07, 6.45) is 8.81. The van der Waals surface area contributed by atoms with E-state index in [0.29, 0.717) is 12.6 Å². The van der Waals surface area contributed by atoms with E-state index in [2.05, 4.69) is 77.6 Å². The Morgan fingerprint density at radius 3 is 1.54 bits per heavy atom. The summed E-state index contributed by atoms with van der Waals surface area (Å²) >= 11 is 0. The first-order valence-electron chi connectivity index (χ1n) is 21.3. The topological polar surface area (TPSA) is 110 Å². The molecule has 0 aliphatic carbocycles. The van der Waals surface area contributed by atoms with E-state index in [1.807, 2.05) is 145 Å². The zero-order valence-corrected chi connectivity index (χ0v) is 40.0. The van der Waals surface area contributed by atoms with Crippen molar-refractivity contribution in [1.29, 1.82) is 0 Å². The molecule has 0 bridgehead atoms. The Balaban J connectivity index is 0.000000697. The van der Waals surface area contributed by atoms with Crippen LogP contribution in [-0.2, 0) is 29.5 Å². The number of furan rings is 1. The number of rotatable bonds is 2. The van der Waals surface area contributed by atoms with E-state index < -0.39 is 0 Å². The minimum atomic E-state index is 0.109. The first-order chi connectivity index (χ1) is 27.7. The van der Waals surface area contributed by atoms with Crippen molar-refractivity contribution in [3.8, 4) is 0 Å². The Hall–Kier alpha value is -4.99. The Labute approximate surface area is 357 Å². The molecule has 0 radical (unpaired) electrons. The van der Waals surface area contributed by atoms with Crippen LogP contribution in [0.15, 0.2) is 101 Å². The third kappa shape index (κ3) is 17.8. The fourth-order valence-corrected chi connectivity index (χ4v) is 5.23. The summed E-state index contributed by atoms with van der Waals surface area (Å²) in [5.41, 5.74) is 5.09. The lowest BCUT2D eigenvalue weighted by Crippen LogP contribution is -2.30. The number of fused-ring (bicyclic) bond motifs is 2. The van der Waals surface area contributed by atoms with Crippen molar-refractivity contribution in [2.45, 2.75) is 173 Å². The molecule has 0 spiro atoms. The molecule has 6 heterocycles. The van der Waals surface area contributed by atoms with E-state index in [0.717, 1.165) is 40.4 Å². The summed E-state index contributed by atoms with van der Waals surface area (Å²) in [4.78, 5) is 31.4. The van der Waals surface area contributed by atoms with Gasteiger partial charge in [0.15, 0.2) is 0 Å². The summed E-state index contributed by atoms with van der Waals surface area (Å²) in [6.45, 7) is 40.6. The number of amides is 2. The van der Waals surface area contributed by atoms with E-state index in [1.165, 1.54) is 0 Å². The van der Waals surface area contributed by atoms with Crippen LogP contribution in [0.2, 0.25) is 0 Å². The first kappa shape index (κ1) is 54.0. The minimum absolute atomic E-state index is 0.109. The molecule has 0 saturated carbocycles. The van der Waals surface area contributed by atoms with Crippen LogP contribution in [0.4, 0.5) is 0 Å². The highest BCUT2D eigenvalue weighted by Gasteiger charge is 2.30. The number of pyridine rings is 1. The van der Waals surface area contributed by atoms with Crippen LogP contribution in [0.25, 0.3) is 0 Å². The monoisotopic (exact) mass is 815 g/mol. The average molecular weight is 815 g/mol. The number of carbonyl (C=O) groups is 2. The van der Waals surface area contributed by atoms with Crippen LogP contribution in [-0.4, -0.2) is 53.6 Å². The molecule has 59 heavy (non-hydrogen) atoms. The third-order valence-corrected chi connectivity index (χ3v) is 8.46. The molecule has 5 aromatic rings. The van der Waals surface area contributed by atoms with Gasteiger partial charge in [0.1, 0.15) is 12.0 Å². The van der Waals surface area contributed by atoms with Crippen molar-refractivity contribution >= 4 is 11.8 Å². The third-order valence-electron chi connectivity index (χ3n) is 8.46. The van der Waals surface area contributed by atoms with Gasteiger partial charge >= 0.3 is 0 Å². The Morgan fingerprint density at radius 1 is 0.610 bits per heavy atom. The Morgan fingerprint density at radius 2 is 1.17 bits per heavy atom. The summed E-state index contributed by atoms with van der Waals surface area (Å²) < 4.78 is 11.8. The lowest BCUT2D eigenvalue weighted by Gasteiger charge is -2.19. The number of hydrogen-bond acceptors (Lipinski definition) is 7. The number of carbonyl (C=O) groups excluding carboxylic acids is 2. The van der Waals surface area contributed by atoms with E-state index in [9.17, 15) is 9.59 Å². The second kappa shape index (κ2) is 26.2. The lowest BCUT2D eigenvalue weighted by molar-refractivity contribution is 0.0722. The van der Waals surface area contributed by atoms with Gasteiger partial charge in [-0.15, -0.1) is 0 Å². The van der Waals surface area contributed by atoms with E-state index >= 15 is 0 Å². The van der Waals surface area contributed by atoms with Gasteiger partial charge in [0, 0.05) is 59.7 Å². The van der Waals surface area contributed by atoms with Gasteiger partial charge in [-0.25, -0.2) is 0 Å². The molecule has 0 N–H and O–H groups in total. The standard InChI is InChI=1S/C11H13NO.C10H12N2O.C8H12O.C7H12N2.C7H11NO.3C2H6/c1-8(2)12-7-9-5-3-4-6-10(9)11(12)13;1-7(2)12-6-9-8(10(12)13)4-3-5-11-9;1-8(2,3)7-5-4-6-9-7;1-7(2,3)9-6-4-5-8-9;1-7(2,3)6-4-5-9-8-6;3*1-2/h3-6,8H,7H2,1-2H3;3-5,7H,6H2,1-2H3;2*4-6H,1-3H3;4-5H,1-3H3;3*1-2H3. The number of benzene rings is 1. The quantitative estimate of drug-likeness (QED) is 0.174. The molecule has 2 aliphatic heterocycles. The molecule has 0 fully saturated rings. The molecular formula is C49H78N6O4. The van der Waals surface area contributed by atoms with Crippen molar-refractivity contribution in [3.63, 3.8) is 0 Å². The normalized spacial score (nSPS) is 12.5. The molecule has 0 unspecified atom stereocenters. The summed E-state index contributed by atoms with van der Waals surface area (Å²) in [7, 11) is 0. The maximum absolute atomic E-state index is 11.8. The van der Waals surface area contributed by atoms with Gasteiger partial charge in [0.2, 0.25) is 0 Å². The maximum atomic E-state index is 11.8. The number of nitrogens with zero attached hydrogens (tertiary/aromatic N) is 6. The van der Waals surface area contributed by atoms with Gasteiger partial charge in [0.25, 0.3) is 11.8 Å². The van der Waals surface area contributed by atoms with Gasteiger partial charge in [-0.1, -0.05) is 106 Å². The fourth-order valence-electron chi connectivity index (χ4n) is 5.23. The van der Waals surface area contributed by atoms with Gasteiger partial charge in [-0.05, 0) is 90.4 Å². The predicted octanol–water partition coefficient (Wildman–Crippen LogP) is 12.8. The zero-order chi connectivity index (χ0) is 45.6. The van der Waals surface area contributed by atoms with E-state index in [1.54, 1.807) is 31.0 Å². The first-order valence-corrected chi connectivity index (χ1v) is 21.3. The van der Waals surface area contributed by atoms with Crippen molar-refractivity contribution in [2.24, 2.45) is 0 Å². The maximum Gasteiger partial charge on any atom is 0.256 e. The SMILES string of the molecule is CC.CC.CC.CC(C)(C)c1ccco1.CC(C)(C)c1ccon1.CC(C)(C)n1cccn1.CC(C)N1Cc2ccccc2C1=O.CC(C)N1Cc2ncccc2C1=O. The Kier molecular flexibility index (Phi) is 24.0. The highest BCUT2D eigenvalue weighted by atomic mass is 16.5. The van der Waals surface area contributed by atoms with Crippen LogP contribution >= 0.6 is 0 Å². The van der Waals surface area contributed by atoms with E-state index in [-0.39, 0.29) is 34.2 Å². The molecule has 0 atom stereocenters. The predicted molar refractivity (Wildman–Crippen MR) is 245 cm³/mol. The van der Waals surface area contributed by atoms with Crippen LogP contribution in [0.5, 0.6) is 0 Å². The summed E-state index contributed by atoms with van der Waals surface area (Å²) in [6, 6.07) is 19.8. The van der Waals surface area contributed by atoms with Crippen molar-refractivity contribution < 1.29 is 18.5 Å². The molecule has 10 nitrogen and oxygen atoms in total. The van der Waals surface area contributed by atoms with Gasteiger partial charge in [0.05, 0.1) is 35.3 Å². The highest BCUT2D eigenvalue weighted by Crippen LogP contribution is 2.25. The molecule has 0 saturated heterocycles. The molecular weight excluding hydrogens is 737 g/mol. The summed E-state index contributed by atoms with van der Waals surface area (Å²) in [5, 5.41) is 7.92. The second-order valence-corrected chi connectivity index (χ2v) is 16.7. The van der Waals surface area contributed by atoms with Crippen molar-refractivity contribution in [1.82, 2.24) is 29.7 Å². The minimum Gasteiger partial charge on any atom is -0.469 e. The molecule has 1 aromatic carbocycles. The van der Waals surface area contributed by atoms with Crippen molar-refractivity contribution in [3.05, 3.63) is 126 Å². The molecule has 4 aromatic heterocycles. The average Bonchev–Trinajstić information content (AvgIpc) is 4.05. The van der Waals surface area contributed by atoms with Crippen molar-refractivity contribution in [2.75, 3.05) is 0 Å². The molecule has 2 amide bonds. The van der Waals surface area contributed by atoms with Gasteiger partial charge in [-0.3, -0.25) is 19.3 Å². The molecule has 328 valence electrons. The zero-order valence-electron chi connectivity index (χ0n) is 40.0. The largest absolute Gasteiger partial charge is 0.469 e. The smallest absolute Gasteiger partial charge is 0.256 e. The molecule has 2 aliphatic rings.